The molecule has 0 aliphatic heterocycles. The monoisotopic (exact) mass is 947 g/mol. The predicted octanol–water partition coefficient (Wildman–Crippen LogP) is 19.2. The van der Waals surface area contributed by atoms with E-state index in [1.807, 2.05) is 0 Å². The van der Waals surface area contributed by atoms with Crippen molar-refractivity contribution in [1.29, 1.82) is 0 Å². The standard InChI is InChI=1S/C62H106O6/c1-4-7-10-13-16-19-21-23-25-27-28-29-30-31-32-33-34-36-37-39-41-43-46-49-52-55-61(64)67-58-59(57-66-60(63)54-51-48-45-18-15-12-9-6-3)68-62(65)56-53-50-47-44-42-40-38-35-26-24-22-20-17-14-11-8-5-2/h7-8,10-11,16-17,19-20,23-26,28-29,59H,4-6,9,12-15,18,21-22,27,30-58H2,1-3H3/b10-7-,11-8-,19-16-,20-17-,25-23-,26-24-,29-28-. The molecule has 0 bridgehead atoms. The van der Waals surface area contributed by atoms with E-state index in [9.17, 15) is 14.4 Å². The van der Waals surface area contributed by atoms with E-state index >= 15 is 0 Å². The number of unbranched alkanes of at least 4 members (excludes halogenated alkanes) is 26. The molecule has 68 heavy (non-hydrogen) atoms. The Morgan fingerprint density at radius 2 is 0.574 bits per heavy atom. The molecule has 0 aromatic carbocycles. The first-order valence-corrected chi connectivity index (χ1v) is 28.6. The number of allylic oxidation sites excluding steroid dienone is 14. The van der Waals surface area contributed by atoms with Crippen molar-refractivity contribution in [3.63, 3.8) is 0 Å². The molecule has 0 aliphatic rings. The number of ether oxygens (including phenoxy) is 3. The van der Waals surface area contributed by atoms with Gasteiger partial charge in [-0.05, 0) is 89.9 Å². The average molecular weight is 948 g/mol. The molecule has 0 N–H and O–H groups in total. The topological polar surface area (TPSA) is 78.9 Å². The molecule has 0 spiro atoms. The first kappa shape index (κ1) is 64.6. The molecule has 0 heterocycles. The van der Waals surface area contributed by atoms with Crippen molar-refractivity contribution in [2.24, 2.45) is 0 Å². The quantitative estimate of drug-likeness (QED) is 0.0262. The van der Waals surface area contributed by atoms with Crippen LogP contribution >= 0.6 is 0 Å². The molecule has 0 saturated heterocycles. The Morgan fingerprint density at radius 3 is 0.897 bits per heavy atom. The highest BCUT2D eigenvalue weighted by molar-refractivity contribution is 5.71. The van der Waals surface area contributed by atoms with Crippen LogP contribution in [0.5, 0.6) is 0 Å². The van der Waals surface area contributed by atoms with Crippen LogP contribution in [0.15, 0.2) is 85.1 Å². The molecule has 0 aliphatic carbocycles. The maximum Gasteiger partial charge on any atom is 0.306 e. The molecule has 0 aromatic rings. The molecule has 0 radical (unpaired) electrons. The fraction of sp³-hybridized carbons (Fsp3) is 0.726. The molecule has 6 heteroatoms. The van der Waals surface area contributed by atoms with Crippen molar-refractivity contribution in [2.75, 3.05) is 13.2 Å². The summed E-state index contributed by atoms with van der Waals surface area (Å²) in [5, 5.41) is 0. The highest BCUT2D eigenvalue weighted by Gasteiger charge is 2.19. The molecule has 0 aromatic heterocycles. The van der Waals surface area contributed by atoms with Gasteiger partial charge in [0.05, 0.1) is 0 Å². The minimum atomic E-state index is -0.780. The Bertz CT molecular complexity index is 1320. The van der Waals surface area contributed by atoms with Crippen molar-refractivity contribution < 1.29 is 28.6 Å². The molecule has 1 unspecified atom stereocenters. The fourth-order valence-corrected chi connectivity index (χ4v) is 7.92. The van der Waals surface area contributed by atoms with Gasteiger partial charge >= 0.3 is 17.9 Å². The Balaban J connectivity index is 4.21. The van der Waals surface area contributed by atoms with Crippen LogP contribution in [-0.2, 0) is 28.6 Å². The van der Waals surface area contributed by atoms with Gasteiger partial charge < -0.3 is 14.2 Å². The Kier molecular flexibility index (Phi) is 53.4. The lowest BCUT2D eigenvalue weighted by atomic mass is 10.0. The zero-order valence-corrected chi connectivity index (χ0v) is 44.6. The first-order chi connectivity index (χ1) is 33.5. The maximum absolute atomic E-state index is 12.8. The molecule has 6 nitrogen and oxygen atoms in total. The van der Waals surface area contributed by atoms with E-state index in [0.717, 1.165) is 109 Å². The van der Waals surface area contributed by atoms with Gasteiger partial charge in [0.15, 0.2) is 6.10 Å². The summed E-state index contributed by atoms with van der Waals surface area (Å²) in [6.07, 6.45) is 73.0. The summed E-state index contributed by atoms with van der Waals surface area (Å²) in [6, 6.07) is 0. The molecule has 1 atom stereocenters. The Hall–Kier alpha value is -3.41. The summed E-state index contributed by atoms with van der Waals surface area (Å²) in [5.41, 5.74) is 0. The largest absolute Gasteiger partial charge is 0.462 e. The normalized spacial score (nSPS) is 12.7. The number of carbonyl (C=O) groups is 3. The summed E-state index contributed by atoms with van der Waals surface area (Å²) in [5.74, 6) is -0.890. The summed E-state index contributed by atoms with van der Waals surface area (Å²) in [7, 11) is 0. The van der Waals surface area contributed by atoms with E-state index in [4.69, 9.17) is 14.2 Å². The van der Waals surface area contributed by atoms with Crippen molar-refractivity contribution in [1.82, 2.24) is 0 Å². The third-order valence-corrected chi connectivity index (χ3v) is 12.1. The molecule has 0 amide bonds. The summed E-state index contributed by atoms with van der Waals surface area (Å²) < 4.78 is 16.8. The van der Waals surface area contributed by atoms with E-state index in [-0.39, 0.29) is 31.1 Å². The molecular formula is C62H106O6. The average Bonchev–Trinajstić information content (AvgIpc) is 3.34. The van der Waals surface area contributed by atoms with Gasteiger partial charge in [0.1, 0.15) is 13.2 Å². The second-order valence-electron chi connectivity index (χ2n) is 18.8. The number of carbonyl (C=O) groups excluding carboxylic acids is 3. The smallest absolute Gasteiger partial charge is 0.306 e. The van der Waals surface area contributed by atoms with E-state index in [0.29, 0.717) is 19.3 Å². The Morgan fingerprint density at radius 1 is 0.309 bits per heavy atom. The third kappa shape index (κ3) is 53.5. The minimum absolute atomic E-state index is 0.0793. The lowest BCUT2D eigenvalue weighted by Gasteiger charge is -2.18. The predicted molar refractivity (Wildman–Crippen MR) is 293 cm³/mol. The van der Waals surface area contributed by atoms with Crippen LogP contribution in [0, 0.1) is 0 Å². The van der Waals surface area contributed by atoms with Crippen molar-refractivity contribution in [2.45, 2.75) is 277 Å². The number of rotatable bonds is 51. The van der Waals surface area contributed by atoms with Crippen LogP contribution in [0.4, 0.5) is 0 Å². The first-order valence-electron chi connectivity index (χ1n) is 28.6. The van der Waals surface area contributed by atoms with Gasteiger partial charge in [-0.1, -0.05) is 247 Å². The number of hydrogen-bond donors (Lipinski definition) is 0. The summed E-state index contributed by atoms with van der Waals surface area (Å²) in [4.78, 5) is 38.0. The van der Waals surface area contributed by atoms with Gasteiger partial charge in [-0.25, -0.2) is 0 Å². The SMILES string of the molecule is CC/C=C\C/C=C\C/C=C\C/C=C\CCCCCCCCCCCCCCC(=O)OCC(COC(=O)CCCCCCCCCC)OC(=O)CCCCCCCCC/C=C\C/C=C\C/C=C\CC. The zero-order chi connectivity index (χ0) is 49.3. The fourth-order valence-electron chi connectivity index (χ4n) is 7.92. The van der Waals surface area contributed by atoms with Crippen molar-refractivity contribution >= 4 is 17.9 Å². The lowest BCUT2D eigenvalue weighted by Crippen LogP contribution is -2.30. The van der Waals surface area contributed by atoms with E-state index in [2.05, 4.69) is 106 Å². The molecule has 0 saturated carbocycles. The van der Waals surface area contributed by atoms with Gasteiger partial charge in [-0.15, -0.1) is 0 Å². The van der Waals surface area contributed by atoms with Crippen LogP contribution in [0.1, 0.15) is 271 Å². The molecular weight excluding hydrogens is 841 g/mol. The Labute approximate surface area is 420 Å². The van der Waals surface area contributed by atoms with E-state index in [1.165, 1.54) is 122 Å². The number of hydrogen-bond acceptors (Lipinski definition) is 6. The summed E-state index contributed by atoms with van der Waals surface area (Å²) in [6.45, 7) is 6.39. The molecule has 0 fully saturated rings. The van der Waals surface area contributed by atoms with Gasteiger partial charge in [0.25, 0.3) is 0 Å². The molecule has 390 valence electrons. The van der Waals surface area contributed by atoms with E-state index < -0.39 is 6.10 Å². The van der Waals surface area contributed by atoms with Crippen molar-refractivity contribution in [3.05, 3.63) is 85.1 Å². The van der Waals surface area contributed by atoms with Crippen LogP contribution in [-0.4, -0.2) is 37.2 Å². The molecule has 0 rings (SSSR count). The van der Waals surface area contributed by atoms with E-state index in [1.54, 1.807) is 0 Å². The van der Waals surface area contributed by atoms with Gasteiger partial charge in [0, 0.05) is 19.3 Å². The highest BCUT2D eigenvalue weighted by atomic mass is 16.6. The van der Waals surface area contributed by atoms with Crippen LogP contribution in [0.25, 0.3) is 0 Å². The zero-order valence-electron chi connectivity index (χ0n) is 44.6. The van der Waals surface area contributed by atoms with Crippen LogP contribution in [0.2, 0.25) is 0 Å². The minimum Gasteiger partial charge on any atom is -0.462 e. The van der Waals surface area contributed by atoms with Gasteiger partial charge in [0.2, 0.25) is 0 Å². The second-order valence-corrected chi connectivity index (χ2v) is 18.8. The van der Waals surface area contributed by atoms with Crippen molar-refractivity contribution in [3.8, 4) is 0 Å². The van der Waals surface area contributed by atoms with Crippen LogP contribution in [0.3, 0.4) is 0 Å². The second kappa shape index (κ2) is 56.2. The third-order valence-electron chi connectivity index (χ3n) is 12.1. The highest BCUT2D eigenvalue weighted by Crippen LogP contribution is 2.16. The van der Waals surface area contributed by atoms with Crippen LogP contribution < -0.4 is 0 Å². The van der Waals surface area contributed by atoms with Gasteiger partial charge in [-0.2, -0.15) is 0 Å². The summed E-state index contributed by atoms with van der Waals surface area (Å²) >= 11 is 0. The lowest BCUT2D eigenvalue weighted by molar-refractivity contribution is -0.167. The maximum atomic E-state index is 12.8. The number of esters is 3. The van der Waals surface area contributed by atoms with Gasteiger partial charge in [-0.3, -0.25) is 14.4 Å².